The van der Waals surface area contributed by atoms with E-state index in [0.29, 0.717) is 28.9 Å². The number of nitrogens with one attached hydrogen (secondary N) is 1. The molecule has 0 saturated heterocycles. The lowest BCUT2D eigenvalue weighted by Gasteiger charge is -2.22. The van der Waals surface area contributed by atoms with Crippen molar-refractivity contribution in [2.75, 3.05) is 6.54 Å². The van der Waals surface area contributed by atoms with Gasteiger partial charge in [-0.25, -0.2) is 0 Å². The van der Waals surface area contributed by atoms with Crippen molar-refractivity contribution in [3.05, 3.63) is 35.2 Å². The fourth-order valence-corrected chi connectivity index (χ4v) is 2.92. The predicted molar refractivity (Wildman–Crippen MR) is 105 cm³/mol. The highest BCUT2D eigenvalue weighted by atomic mass is 35.5. The molecule has 8 heteroatoms. The number of halogens is 1. The van der Waals surface area contributed by atoms with Crippen molar-refractivity contribution in [3.63, 3.8) is 0 Å². The van der Waals surface area contributed by atoms with Gasteiger partial charge in [-0.05, 0) is 25.0 Å². The minimum absolute atomic E-state index is 0.0331. The van der Waals surface area contributed by atoms with Crippen LogP contribution in [0.4, 0.5) is 0 Å². The second kappa shape index (κ2) is 8.31. The molecule has 0 atom stereocenters. The number of carbonyl (C=O) groups excluding carboxylic acids is 2. The SMILES string of the molecule is CC(C)(C)C(=O)NCCC(=O)N(Cc1nnc(-c2ccccc2Cl)o1)C1CC1. The third-order valence-electron chi connectivity index (χ3n) is 4.49. The van der Waals surface area contributed by atoms with Gasteiger partial charge in [-0.1, -0.05) is 44.5 Å². The number of carbonyl (C=O) groups is 2. The molecule has 1 heterocycles. The van der Waals surface area contributed by atoms with Crippen molar-refractivity contribution in [1.82, 2.24) is 20.4 Å². The Bertz CT molecular complexity index is 855. The van der Waals surface area contributed by atoms with Gasteiger partial charge in [-0.15, -0.1) is 10.2 Å². The average molecular weight is 405 g/mol. The largest absolute Gasteiger partial charge is 0.419 e. The average Bonchev–Trinajstić information content (AvgIpc) is 3.37. The van der Waals surface area contributed by atoms with Crippen molar-refractivity contribution in [1.29, 1.82) is 0 Å². The number of hydrogen-bond acceptors (Lipinski definition) is 5. The first-order valence-electron chi connectivity index (χ1n) is 9.41. The summed E-state index contributed by atoms with van der Waals surface area (Å²) < 4.78 is 5.73. The van der Waals surface area contributed by atoms with Crippen LogP contribution in [-0.2, 0) is 16.1 Å². The van der Waals surface area contributed by atoms with E-state index in [-0.39, 0.29) is 30.8 Å². The molecule has 1 fully saturated rings. The molecule has 3 rings (SSSR count). The lowest BCUT2D eigenvalue weighted by molar-refractivity contribution is -0.133. The van der Waals surface area contributed by atoms with Crippen LogP contribution in [0.25, 0.3) is 11.5 Å². The Balaban J connectivity index is 1.60. The zero-order chi connectivity index (χ0) is 20.3. The maximum absolute atomic E-state index is 12.7. The van der Waals surface area contributed by atoms with Gasteiger partial charge in [0.15, 0.2) is 0 Å². The molecule has 2 amide bonds. The van der Waals surface area contributed by atoms with E-state index < -0.39 is 5.41 Å². The number of nitrogens with zero attached hydrogens (tertiary/aromatic N) is 3. The molecule has 1 aromatic heterocycles. The molecule has 7 nitrogen and oxygen atoms in total. The summed E-state index contributed by atoms with van der Waals surface area (Å²) in [6, 6.07) is 7.43. The summed E-state index contributed by atoms with van der Waals surface area (Å²) in [4.78, 5) is 26.3. The molecule has 0 aliphatic heterocycles. The Labute approximate surface area is 169 Å². The first kappa shape index (κ1) is 20.3. The van der Waals surface area contributed by atoms with E-state index in [1.165, 1.54) is 0 Å². The van der Waals surface area contributed by atoms with Gasteiger partial charge in [0.25, 0.3) is 0 Å². The van der Waals surface area contributed by atoms with Gasteiger partial charge in [-0.2, -0.15) is 0 Å². The van der Waals surface area contributed by atoms with Crippen molar-refractivity contribution in [2.24, 2.45) is 5.41 Å². The monoisotopic (exact) mass is 404 g/mol. The van der Waals surface area contributed by atoms with Crippen LogP contribution in [-0.4, -0.2) is 39.5 Å². The predicted octanol–water partition coefficient (Wildman–Crippen LogP) is 3.43. The van der Waals surface area contributed by atoms with Gasteiger partial charge in [0, 0.05) is 24.4 Å². The van der Waals surface area contributed by atoms with Crippen LogP contribution in [0.3, 0.4) is 0 Å². The molecule has 1 aliphatic rings. The van der Waals surface area contributed by atoms with Crippen molar-refractivity contribution < 1.29 is 14.0 Å². The third-order valence-corrected chi connectivity index (χ3v) is 4.82. The fraction of sp³-hybridized carbons (Fsp3) is 0.500. The standard InChI is InChI=1S/C20H25ClN4O3/c1-20(2,3)19(27)22-11-10-17(26)25(13-8-9-13)12-16-23-24-18(28-16)14-6-4-5-7-15(14)21/h4-7,13H,8-12H2,1-3H3,(H,22,27). The topological polar surface area (TPSA) is 88.3 Å². The Hall–Kier alpha value is -2.41. The zero-order valence-electron chi connectivity index (χ0n) is 16.4. The third kappa shape index (κ3) is 5.10. The van der Waals surface area contributed by atoms with E-state index in [0.717, 1.165) is 12.8 Å². The molecule has 28 heavy (non-hydrogen) atoms. The molecule has 0 unspecified atom stereocenters. The summed E-state index contributed by atoms with van der Waals surface area (Å²) in [5, 5.41) is 11.5. The molecule has 1 aliphatic carbocycles. The van der Waals surface area contributed by atoms with Crippen LogP contribution in [0.15, 0.2) is 28.7 Å². The number of amides is 2. The highest BCUT2D eigenvalue weighted by Gasteiger charge is 2.33. The normalized spacial score (nSPS) is 14.0. The van der Waals surface area contributed by atoms with Gasteiger partial charge in [-0.3, -0.25) is 9.59 Å². The minimum atomic E-state index is -0.474. The Morgan fingerprint density at radius 2 is 1.96 bits per heavy atom. The highest BCUT2D eigenvalue weighted by molar-refractivity contribution is 6.33. The lowest BCUT2D eigenvalue weighted by Crippen LogP contribution is -2.39. The van der Waals surface area contributed by atoms with Gasteiger partial charge < -0.3 is 14.6 Å². The van der Waals surface area contributed by atoms with Gasteiger partial charge in [0.2, 0.25) is 23.6 Å². The van der Waals surface area contributed by atoms with Crippen LogP contribution in [0, 0.1) is 5.41 Å². The molecule has 1 N–H and O–H groups in total. The first-order chi connectivity index (χ1) is 13.3. The van der Waals surface area contributed by atoms with E-state index in [1.54, 1.807) is 17.0 Å². The number of rotatable bonds is 7. The number of benzene rings is 1. The minimum Gasteiger partial charge on any atom is -0.419 e. The summed E-state index contributed by atoms with van der Waals surface area (Å²) >= 11 is 6.17. The van der Waals surface area contributed by atoms with E-state index in [2.05, 4.69) is 15.5 Å². The van der Waals surface area contributed by atoms with E-state index in [1.807, 2.05) is 32.9 Å². The molecule has 0 radical (unpaired) electrons. The van der Waals surface area contributed by atoms with Crippen LogP contribution < -0.4 is 5.32 Å². The maximum atomic E-state index is 12.7. The second-order valence-electron chi connectivity index (χ2n) is 7.99. The summed E-state index contributed by atoms with van der Waals surface area (Å²) in [5.41, 5.74) is 0.190. The van der Waals surface area contributed by atoms with E-state index in [4.69, 9.17) is 16.0 Å². The summed E-state index contributed by atoms with van der Waals surface area (Å²) in [5.74, 6) is 0.601. The number of aromatic nitrogens is 2. The van der Waals surface area contributed by atoms with Crippen LogP contribution >= 0.6 is 11.6 Å². The molecule has 0 spiro atoms. The van der Waals surface area contributed by atoms with Crippen LogP contribution in [0.2, 0.25) is 5.02 Å². The maximum Gasteiger partial charge on any atom is 0.249 e. The Morgan fingerprint density at radius 1 is 1.25 bits per heavy atom. The van der Waals surface area contributed by atoms with Crippen LogP contribution in [0.1, 0.15) is 45.9 Å². The Kier molecular flexibility index (Phi) is 6.03. The quantitative estimate of drug-likeness (QED) is 0.763. The second-order valence-corrected chi connectivity index (χ2v) is 8.40. The highest BCUT2D eigenvalue weighted by Crippen LogP contribution is 2.30. The summed E-state index contributed by atoms with van der Waals surface area (Å²) in [6.45, 7) is 6.09. The fourth-order valence-electron chi connectivity index (χ4n) is 2.71. The van der Waals surface area contributed by atoms with Gasteiger partial charge >= 0.3 is 0 Å². The zero-order valence-corrected chi connectivity index (χ0v) is 17.1. The summed E-state index contributed by atoms with van der Waals surface area (Å²) in [6.07, 6.45) is 2.17. The summed E-state index contributed by atoms with van der Waals surface area (Å²) in [7, 11) is 0. The van der Waals surface area contributed by atoms with E-state index in [9.17, 15) is 9.59 Å². The molecular weight excluding hydrogens is 380 g/mol. The molecular formula is C20H25ClN4O3. The van der Waals surface area contributed by atoms with Gasteiger partial charge in [0.05, 0.1) is 17.1 Å². The molecule has 1 saturated carbocycles. The molecule has 150 valence electrons. The molecule has 0 bridgehead atoms. The molecule has 1 aromatic carbocycles. The molecule has 2 aromatic rings. The van der Waals surface area contributed by atoms with E-state index >= 15 is 0 Å². The van der Waals surface area contributed by atoms with Crippen molar-refractivity contribution >= 4 is 23.4 Å². The van der Waals surface area contributed by atoms with Gasteiger partial charge in [0.1, 0.15) is 0 Å². The van der Waals surface area contributed by atoms with Crippen molar-refractivity contribution in [2.45, 2.75) is 52.6 Å². The smallest absolute Gasteiger partial charge is 0.249 e. The van der Waals surface area contributed by atoms with Crippen LogP contribution in [0.5, 0.6) is 0 Å². The van der Waals surface area contributed by atoms with Crippen molar-refractivity contribution in [3.8, 4) is 11.5 Å². The number of hydrogen-bond donors (Lipinski definition) is 1. The Morgan fingerprint density at radius 3 is 2.61 bits per heavy atom. The first-order valence-corrected chi connectivity index (χ1v) is 9.78. The lowest BCUT2D eigenvalue weighted by atomic mass is 9.96.